The van der Waals surface area contributed by atoms with E-state index >= 15 is 0 Å². The third kappa shape index (κ3) is 3.39. The van der Waals surface area contributed by atoms with Gasteiger partial charge < -0.3 is 0 Å². The third-order valence-corrected chi connectivity index (χ3v) is 5.04. The van der Waals surface area contributed by atoms with Gasteiger partial charge in [-0.15, -0.1) is 0 Å². The highest BCUT2D eigenvalue weighted by Gasteiger charge is 2.21. The van der Waals surface area contributed by atoms with E-state index in [0.29, 0.717) is 10.6 Å². The molecule has 0 saturated heterocycles. The summed E-state index contributed by atoms with van der Waals surface area (Å²) in [5.41, 5.74) is 1.23. The van der Waals surface area contributed by atoms with Crippen LogP contribution in [0.15, 0.2) is 29.2 Å². The van der Waals surface area contributed by atoms with E-state index in [9.17, 15) is 8.42 Å². The number of halogens is 1. The van der Waals surface area contributed by atoms with Crippen molar-refractivity contribution >= 4 is 27.4 Å². The second-order valence-electron chi connectivity index (χ2n) is 5.89. The molecule has 0 spiro atoms. The largest absolute Gasteiger partial charge is 0.280 e. The van der Waals surface area contributed by atoms with Gasteiger partial charge in [-0.3, -0.25) is 9.82 Å². The van der Waals surface area contributed by atoms with Crippen LogP contribution in [0.4, 0.5) is 5.82 Å². The Morgan fingerprint density at radius 3 is 2.52 bits per heavy atom. The Bertz CT molecular complexity index is 761. The topological polar surface area (TPSA) is 74.8 Å². The summed E-state index contributed by atoms with van der Waals surface area (Å²) in [6.45, 7) is 7.71. The average Bonchev–Trinajstić information content (AvgIpc) is 2.80. The minimum atomic E-state index is -3.72. The van der Waals surface area contributed by atoms with Crippen LogP contribution >= 0.6 is 11.6 Å². The smallest absolute Gasteiger partial charge is 0.263 e. The van der Waals surface area contributed by atoms with Crippen molar-refractivity contribution < 1.29 is 8.42 Å². The molecule has 1 aromatic heterocycles. The monoisotopic (exact) mass is 327 g/mol. The summed E-state index contributed by atoms with van der Waals surface area (Å²) < 4.78 is 27.3. The first-order valence-electron chi connectivity index (χ1n) is 6.45. The molecule has 2 rings (SSSR count). The summed E-state index contributed by atoms with van der Waals surface area (Å²) >= 11 is 5.97. The van der Waals surface area contributed by atoms with Gasteiger partial charge in [-0.25, -0.2) is 8.42 Å². The molecule has 0 bridgehead atoms. The SMILES string of the molecule is Cc1c(Cl)cccc1S(=O)(=O)Nc1cc(C(C)(C)C)[nH]n1. The highest BCUT2D eigenvalue weighted by atomic mass is 35.5. The Hall–Kier alpha value is -1.53. The molecule has 5 nitrogen and oxygen atoms in total. The van der Waals surface area contributed by atoms with E-state index in [4.69, 9.17) is 11.6 Å². The average molecular weight is 328 g/mol. The molecular weight excluding hydrogens is 310 g/mol. The Morgan fingerprint density at radius 1 is 1.29 bits per heavy atom. The van der Waals surface area contributed by atoms with Crippen LogP contribution in [0.5, 0.6) is 0 Å². The quantitative estimate of drug-likeness (QED) is 0.906. The Labute approximate surface area is 129 Å². The predicted molar refractivity (Wildman–Crippen MR) is 84.3 cm³/mol. The van der Waals surface area contributed by atoms with Crippen LogP contribution in [-0.2, 0) is 15.4 Å². The van der Waals surface area contributed by atoms with Gasteiger partial charge in [-0.05, 0) is 24.6 Å². The van der Waals surface area contributed by atoms with E-state index in [0.717, 1.165) is 5.69 Å². The summed E-state index contributed by atoms with van der Waals surface area (Å²) in [6, 6.07) is 6.47. The zero-order chi connectivity index (χ0) is 15.8. The van der Waals surface area contributed by atoms with E-state index in [1.807, 2.05) is 20.8 Å². The maximum absolute atomic E-state index is 12.4. The van der Waals surface area contributed by atoms with Crippen molar-refractivity contribution in [3.05, 3.63) is 40.5 Å². The summed E-state index contributed by atoms with van der Waals surface area (Å²) in [7, 11) is -3.72. The lowest BCUT2D eigenvalue weighted by Crippen LogP contribution is -2.14. The van der Waals surface area contributed by atoms with Gasteiger partial charge in [0.25, 0.3) is 10.0 Å². The minimum Gasteiger partial charge on any atom is -0.280 e. The number of nitrogens with zero attached hydrogens (tertiary/aromatic N) is 1. The summed E-state index contributed by atoms with van der Waals surface area (Å²) in [5, 5.41) is 7.25. The van der Waals surface area contributed by atoms with Gasteiger partial charge in [0, 0.05) is 22.2 Å². The lowest BCUT2D eigenvalue weighted by Gasteiger charge is -2.14. The van der Waals surface area contributed by atoms with Crippen LogP contribution in [0.3, 0.4) is 0 Å². The summed E-state index contributed by atoms with van der Waals surface area (Å²) in [6.07, 6.45) is 0. The first-order chi connectivity index (χ1) is 9.61. The number of rotatable bonds is 3. The van der Waals surface area contributed by atoms with Gasteiger partial charge >= 0.3 is 0 Å². The molecule has 2 N–H and O–H groups in total. The maximum Gasteiger partial charge on any atom is 0.263 e. The Balaban J connectivity index is 2.34. The van der Waals surface area contributed by atoms with Crippen molar-refractivity contribution in [1.82, 2.24) is 10.2 Å². The fourth-order valence-corrected chi connectivity index (χ4v) is 3.32. The number of aromatic nitrogens is 2. The van der Waals surface area contributed by atoms with Gasteiger partial charge in [-0.1, -0.05) is 38.4 Å². The molecule has 0 radical (unpaired) electrons. The molecule has 1 heterocycles. The molecule has 0 atom stereocenters. The van der Waals surface area contributed by atoms with Gasteiger partial charge in [0.1, 0.15) is 0 Å². The number of sulfonamides is 1. The van der Waals surface area contributed by atoms with Crippen LogP contribution in [0.1, 0.15) is 32.0 Å². The number of hydrogen-bond donors (Lipinski definition) is 2. The van der Waals surface area contributed by atoms with E-state index in [2.05, 4.69) is 14.9 Å². The number of aromatic amines is 1. The van der Waals surface area contributed by atoms with Gasteiger partial charge in [0.05, 0.1) is 4.90 Å². The number of benzene rings is 1. The fraction of sp³-hybridized carbons (Fsp3) is 0.357. The van der Waals surface area contributed by atoms with Crippen molar-refractivity contribution in [2.45, 2.75) is 38.0 Å². The Kier molecular flexibility index (Phi) is 4.04. The van der Waals surface area contributed by atoms with E-state index in [1.54, 1.807) is 25.1 Å². The minimum absolute atomic E-state index is 0.136. The van der Waals surface area contributed by atoms with Crippen molar-refractivity contribution in [2.75, 3.05) is 4.72 Å². The second-order valence-corrected chi connectivity index (χ2v) is 7.94. The van der Waals surface area contributed by atoms with Crippen molar-refractivity contribution in [3.8, 4) is 0 Å². The summed E-state index contributed by atoms with van der Waals surface area (Å²) in [4.78, 5) is 0.148. The normalized spacial score (nSPS) is 12.4. The summed E-state index contributed by atoms with van der Waals surface area (Å²) in [5.74, 6) is 0.263. The van der Waals surface area contributed by atoms with E-state index in [1.165, 1.54) is 6.07 Å². The van der Waals surface area contributed by atoms with Crippen molar-refractivity contribution in [1.29, 1.82) is 0 Å². The molecular formula is C14H18ClN3O2S. The highest BCUT2D eigenvalue weighted by Crippen LogP contribution is 2.26. The first kappa shape index (κ1) is 15.9. The molecule has 1 aromatic carbocycles. The zero-order valence-corrected chi connectivity index (χ0v) is 13.9. The first-order valence-corrected chi connectivity index (χ1v) is 8.31. The predicted octanol–water partition coefficient (Wildman–Crippen LogP) is 3.47. The lowest BCUT2D eigenvalue weighted by molar-refractivity contribution is 0.567. The molecule has 0 unspecified atom stereocenters. The van der Waals surface area contributed by atoms with Crippen molar-refractivity contribution in [2.24, 2.45) is 0 Å². The van der Waals surface area contributed by atoms with Crippen LogP contribution in [0, 0.1) is 6.92 Å². The number of H-pyrrole nitrogens is 1. The van der Waals surface area contributed by atoms with Gasteiger partial charge in [0.15, 0.2) is 5.82 Å². The van der Waals surface area contributed by atoms with Gasteiger partial charge in [0.2, 0.25) is 0 Å². The van der Waals surface area contributed by atoms with Crippen LogP contribution in [0.2, 0.25) is 5.02 Å². The van der Waals surface area contributed by atoms with Crippen molar-refractivity contribution in [3.63, 3.8) is 0 Å². The molecule has 21 heavy (non-hydrogen) atoms. The molecule has 0 aliphatic rings. The molecule has 0 aliphatic carbocycles. The molecule has 0 aliphatic heterocycles. The molecule has 0 amide bonds. The second kappa shape index (κ2) is 5.35. The Morgan fingerprint density at radius 2 is 1.95 bits per heavy atom. The number of anilines is 1. The fourth-order valence-electron chi connectivity index (χ4n) is 1.83. The molecule has 114 valence electrons. The third-order valence-electron chi connectivity index (χ3n) is 3.13. The number of hydrogen-bond acceptors (Lipinski definition) is 3. The lowest BCUT2D eigenvalue weighted by atomic mass is 9.92. The molecule has 2 aromatic rings. The molecule has 7 heteroatoms. The number of nitrogens with one attached hydrogen (secondary N) is 2. The van der Waals surface area contributed by atoms with Crippen LogP contribution in [-0.4, -0.2) is 18.6 Å². The van der Waals surface area contributed by atoms with E-state index < -0.39 is 10.0 Å². The van der Waals surface area contributed by atoms with Crippen LogP contribution in [0.25, 0.3) is 0 Å². The van der Waals surface area contributed by atoms with Crippen LogP contribution < -0.4 is 4.72 Å². The van der Waals surface area contributed by atoms with Gasteiger partial charge in [-0.2, -0.15) is 5.10 Å². The standard InChI is InChI=1S/C14H18ClN3O2S/c1-9-10(15)6-5-7-11(9)21(19,20)18-13-8-12(16-17-13)14(2,3)4/h5-8H,1-4H3,(H2,16,17,18). The molecule has 0 saturated carbocycles. The van der Waals surface area contributed by atoms with E-state index in [-0.39, 0.29) is 16.1 Å². The highest BCUT2D eigenvalue weighted by molar-refractivity contribution is 7.92. The molecule has 0 fully saturated rings. The maximum atomic E-state index is 12.4. The zero-order valence-electron chi connectivity index (χ0n) is 12.4.